The number of pyridine rings is 1. The minimum atomic E-state index is -0.149. The smallest absolute Gasteiger partial charge is 0.271 e. The van der Waals surface area contributed by atoms with Gasteiger partial charge in [0.25, 0.3) is 5.91 Å². The van der Waals surface area contributed by atoms with Gasteiger partial charge in [0.15, 0.2) is 0 Å². The zero-order valence-corrected chi connectivity index (χ0v) is 14.0. The van der Waals surface area contributed by atoms with Crippen LogP contribution in [0.5, 0.6) is 0 Å². The van der Waals surface area contributed by atoms with Gasteiger partial charge in [0.1, 0.15) is 17.6 Å². The number of carbonyl (C=O) groups is 1. The van der Waals surface area contributed by atoms with Crippen molar-refractivity contribution in [2.24, 2.45) is 7.05 Å². The summed E-state index contributed by atoms with van der Waals surface area (Å²) in [7, 11) is 1.78. The summed E-state index contributed by atoms with van der Waals surface area (Å²) < 4.78 is 1.61. The summed E-state index contributed by atoms with van der Waals surface area (Å²) in [4.78, 5) is 18.5. The monoisotopic (exact) mass is 344 g/mol. The van der Waals surface area contributed by atoms with Gasteiger partial charge >= 0.3 is 0 Å². The zero-order chi connectivity index (χ0) is 17.1. The van der Waals surface area contributed by atoms with Crippen LogP contribution in [0.3, 0.4) is 0 Å². The minimum Gasteiger partial charge on any atom is -0.355 e. The van der Waals surface area contributed by atoms with Gasteiger partial charge in [0.2, 0.25) is 0 Å². The Morgan fingerprint density at radius 2 is 2.21 bits per heavy atom. The number of rotatable bonds is 3. The maximum absolute atomic E-state index is 12.1. The number of aromatic nitrogens is 3. The van der Waals surface area contributed by atoms with E-state index in [0.29, 0.717) is 22.1 Å². The van der Waals surface area contributed by atoms with Gasteiger partial charge in [0, 0.05) is 38.6 Å². The molecule has 7 nitrogen and oxygen atoms in total. The molecule has 3 heterocycles. The van der Waals surface area contributed by atoms with Crippen molar-refractivity contribution in [1.82, 2.24) is 20.1 Å². The van der Waals surface area contributed by atoms with Crippen LogP contribution in [-0.4, -0.2) is 39.8 Å². The molecule has 0 saturated carbocycles. The highest BCUT2D eigenvalue weighted by molar-refractivity contribution is 6.33. The summed E-state index contributed by atoms with van der Waals surface area (Å²) in [5.41, 5.74) is 0.873. The Labute approximate surface area is 144 Å². The van der Waals surface area contributed by atoms with Gasteiger partial charge in [-0.15, -0.1) is 0 Å². The predicted molar refractivity (Wildman–Crippen MR) is 89.9 cm³/mol. The molecule has 0 spiro atoms. The summed E-state index contributed by atoms with van der Waals surface area (Å²) >= 11 is 6.21. The summed E-state index contributed by atoms with van der Waals surface area (Å²) in [6.45, 7) is 1.48. The van der Waals surface area contributed by atoms with Crippen LogP contribution in [0, 0.1) is 11.3 Å². The molecule has 0 aromatic carbocycles. The molecule has 0 aliphatic carbocycles. The van der Waals surface area contributed by atoms with Gasteiger partial charge in [0.05, 0.1) is 10.6 Å². The molecule has 0 unspecified atom stereocenters. The third-order valence-electron chi connectivity index (χ3n) is 4.03. The molecule has 1 N–H and O–H groups in total. The summed E-state index contributed by atoms with van der Waals surface area (Å²) in [6, 6.07) is 5.45. The third kappa shape index (κ3) is 3.49. The lowest BCUT2D eigenvalue weighted by molar-refractivity contribution is 0.0925. The average Bonchev–Trinajstić information content (AvgIpc) is 3.02. The molecule has 0 atom stereocenters. The van der Waals surface area contributed by atoms with Crippen molar-refractivity contribution in [3.05, 3.63) is 40.8 Å². The van der Waals surface area contributed by atoms with Gasteiger partial charge in [-0.1, -0.05) is 11.6 Å². The molecular weight excluding hydrogens is 328 g/mol. The Balaban J connectivity index is 1.58. The number of carbonyl (C=O) groups excluding carboxylic acids is 1. The zero-order valence-electron chi connectivity index (χ0n) is 13.2. The van der Waals surface area contributed by atoms with Crippen LogP contribution in [0.4, 0.5) is 5.82 Å². The van der Waals surface area contributed by atoms with Crippen molar-refractivity contribution in [3.8, 4) is 6.07 Å². The molecular formula is C16H17ClN6O. The maximum Gasteiger partial charge on any atom is 0.271 e. The molecule has 1 aliphatic heterocycles. The molecule has 1 fully saturated rings. The van der Waals surface area contributed by atoms with Gasteiger partial charge in [-0.05, 0) is 25.0 Å². The number of nitrogens with zero attached hydrogens (tertiary/aromatic N) is 5. The van der Waals surface area contributed by atoms with Crippen molar-refractivity contribution in [3.63, 3.8) is 0 Å². The van der Waals surface area contributed by atoms with E-state index in [2.05, 4.69) is 20.3 Å². The topological polar surface area (TPSA) is 86.8 Å². The van der Waals surface area contributed by atoms with E-state index in [4.69, 9.17) is 16.9 Å². The number of anilines is 1. The molecule has 1 amide bonds. The van der Waals surface area contributed by atoms with Gasteiger partial charge in [-0.2, -0.15) is 10.4 Å². The van der Waals surface area contributed by atoms with Crippen molar-refractivity contribution < 1.29 is 4.79 Å². The molecule has 2 aromatic heterocycles. The first kappa shape index (κ1) is 16.3. The largest absolute Gasteiger partial charge is 0.355 e. The summed E-state index contributed by atoms with van der Waals surface area (Å²) in [6.07, 6.45) is 4.87. The fourth-order valence-corrected chi connectivity index (χ4v) is 3.04. The highest BCUT2D eigenvalue weighted by atomic mass is 35.5. The van der Waals surface area contributed by atoms with E-state index >= 15 is 0 Å². The van der Waals surface area contributed by atoms with E-state index < -0.39 is 0 Å². The van der Waals surface area contributed by atoms with E-state index in [1.54, 1.807) is 30.1 Å². The molecule has 8 heteroatoms. The normalized spacial score (nSPS) is 15.1. The second-order valence-electron chi connectivity index (χ2n) is 5.75. The first-order valence-electron chi connectivity index (χ1n) is 7.68. The number of nitriles is 1. The molecule has 1 saturated heterocycles. The third-order valence-corrected chi connectivity index (χ3v) is 4.30. The Kier molecular flexibility index (Phi) is 4.67. The fourth-order valence-electron chi connectivity index (χ4n) is 2.76. The molecule has 124 valence electrons. The van der Waals surface area contributed by atoms with Crippen LogP contribution in [0.1, 0.15) is 28.9 Å². The number of aryl methyl sites for hydroxylation is 1. The second-order valence-corrected chi connectivity index (χ2v) is 6.16. The average molecular weight is 345 g/mol. The number of hydrogen-bond acceptors (Lipinski definition) is 5. The number of nitrogens with one attached hydrogen (secondary N) is 1. The van der Waals surface area contributed by atoms with Crippen molar-refractivity contribution in [2.45, 2.75) is 18.9 Å². The van der Waals surface area contributed by atoms with Crippen molar-refractivity contribution in [2.75, 3.05) is 18.0 Å². The van der Waals surface area contributed by atoms with E-state index in [9.17, 15) is 4.79 Å². The van der Waals surface area contributed by atoms with Crippen LogP contribution >= 0.6 is 11.6 Å². The molecule has 0 bridgehead atoms. The van der Waals surface area contributed by atoms with Gasteiger partial charge < -0.3 is 10.2 Å². The Bertz CT molecular complexity index is 788. The van der Waals surface area contributed by atoms with Gasteiger partial charge in [-0.25, -0.2) is 4.98 Å². The number of amides is 1. The molecule has 2 aromatic rings. The summed E-state index contributed by atoms with van der Waals surface area (Å²) in [5.74, 6) is 0.536. The standard InChI is InChI=1S/C16H17ClN6O/c1-22-5-4-14(21-22)16(24)20-12-2-6-23(7-3-12)15-13(17)8-11(9-18)10-19-15/h4-5,8,10,12H,2-3,6-7H2,1H3,(H,20,24). The number of hydrogen-bond donors (Lipinski definition) is 1. The lowest BCUT2D eigenvalue weighted by Gasteiger charge is -2.33. The Morgan fingerprint density at radius 3 is 2.79 bits per heavy atom. The van der Waals surface area contributed by atoms with Crippen LogP contribution < -0.4 is 10.2 Å². The van der Waals surface area contributed by atoms with E-state index in [1.807, 2.05) is 6.07 Å². The lowest BCUT2D eigenvalue weighted by Crippen LogP contribution is -2.45. The Hall–Kier alpha value is -2.59. The van der Waals surface area contributed by atoms with Gasteiger partial charge in [-0.3, -0.25) is 9.48 Å². The lowest BCUT2D eigenvalue weighted by atomic mass is 10.0. The summed E-state index contributed by atoms with van der Waals surface area (Å²) in [5, 5.41) is 16.5. The molecule has 0 radical (unpaired) electrons. The van der Waals surface area contributed by atoms with Crippen molar-refractivity contribution in [1.29, 1.82) is 5.26 Å². The highest BCUT2D eigenvalue weighted by Gasteiger charge is 2.24. The quantitative estimate of drug-likeness (QED) is 0.916. The maximum atomic E-state index is 12.1. The van der Waals surface area contributed by atoms with Crippen LogP contribution in [-0.2, 0) is 7.05 Å². The van der Waals surface area contributed by atoms with Crippen LogP contribution in [0.2, 0.25) is 5.02 Å². The van der Waals surface area contributed by atoms with E-state index in [0.717, 1.165) is 25.9 Å². The van der Waals surface area contributed by atoms with Crippen LogP contribution in [0.15, 0.2) is 24.5 Å². The fraction of sp³-hybridized carbons (Fsp3) is 0.375. The van der Waals surface area contributed by atoms with Crippen LogP contribution in [0.25, 0.3) is 0 Å². The highest BCUT2D eigenvalue weighted by Crippen LogP contribution is 2.26. The Morgan fingerprint density at radius 1 is 1.46 bits per heavy atom. The predicted octanol–water partition coefficient (Wildman–Crippen LogP) is 1.74. The SMILES string of the molecule is Cn1ccc(C(=O)NC2CCN(c3ncc(C#N)cc3Cl)CC2)n1. The first-order valence-corrected chi connectivity index (χ1v) is 8.05. The van der Waals surface area contributed by atoms with E-state index in [1.165, 1.54) is 6.20 Å². The minimum absolute atomic E-state index is 0.105. The van der Waals surface area contributed by atoms with Crippen molar-refractivity contribution >= 4 is 23.3 Å². The molecule has 3 rings (SSSR count). The van der Waals surface area contributed by atoms with E-state index in [-0.39, 0.29) is 11.9 Å². The number of halogens is 1. The number of piperidine rings is 1. The second kappa shape index (κ2) is 6.89. The molecule has 1 aliphatic rings. The molecule has 24 heavy (non-hydrogen) atoms. The first-order chi connectivity index (χ1) is 11.6.